The molecule has 0 aliphatic carbocycles. The van der Waals surface area contributed by atoms with Gasteiger partial charge in [0.05, 0.1) is 11.8 Å². The second-order valence-corrected chi connectivity index (χ2v) is 5.47. The highest BCUT2D eigenvalue weighted by Crippen LogP contribution is 2.22. The molecule has 0 aromatic heterocycles. The number of para-hydroxylation sites is 1. The first-order chi connectivity index (χ1) is 8.99. The van der Waals surface area contributed by atoms with Gasteiger partial charge >= 0.3 is 12.0 Å². The molecule has 3 N–H and O–H groups in total. The summed E-state index contributed by atoms with van der Waals surface area (Å²) in [6, 6.07) is 5.72. The molecule has 6 nitrogen and oxygen atoms in total. The first kappa shape index (κ1) is 14.1. The molecule has 0 bridgehead atoms. The molecule has 2 atom stereocenters. The Morgan fingerprint density at radius 2 is 2.05 bits per heavy atom. The zero-order chi connectivity index (χ0) is 14.0. The minimum atomic E-state index is -1.10. The third-order valence-electron chi connectivity index (χ3n) is 2.94. The summed E-state index contributed by atoms with van der Waals surface area (Å²) in [4.78, 5) is 24.3. The zero-order valence-electron chi connectivity index (χ0n) is 9.91. The van der Waals surface area contributed by atoms with Gasteiger partial charge in [0.15, 0.2) is 0 Å². The Morgan fingerprint density at radius 1 is 1.37 bits per heavy atom. The summed E-state index contributed by atoms with van der Waals surface area (Å²) in [5.74, 6) is -1.10. The maximum atomic E-state index is 12.1. The smallest absolute Gasteiger partial charge is 0.326 e. The Labute approximate surface area is 123 Å². The molecule has 7 heteroatoms. The van der Waals surface area contributed by atoms with Crippen LogP contribution in [-0.2, 0) is 4.79 Å². The van der Waals surface area contributed by atoms with E-state index in [1.807, 2.05) is 12.1 Å². The highest BCUT2D eigenvalue weighted by molar-refractivity contribution is 14.1. The van der Waals surface area contributed by atoms with Crippen LogP contribution < -0.4 is 5.32 Å². The van der Waals surface area contributed by atoms with Crippen molar-refractivity contribution >= 4 is 40.3 Å². The lowest BCUT2D eigenvalue weighted by Gasteiger charge is -2.21. The van der Waals surface area contributed by atoms with Crippen molar-refractivity contribution in [3.8, 4) is 0 Å². The van der Waals surface area contributed by atoms with Gasteiger partial charge in [-0.1, -0.05) is 12.1 Å². The van der Waals surface area contributed by atoms with Gasteiger partial charge in [-0.15, -0.1) is 0 Å². The maximum Gasteiger partial charge on any atom is 0.326 e. The van der Waals surface area contributed by atoms with Crippen LogP contribution in [0.15, 0.2) is 24.3 Å². The van der Waals surface area contributed by atoms with E-state index in [1.165, 1.54) is 0 Å². The van der Waals surface area contributed by atoms with Crippen molar-refractivity contribution in [2.75, 3.05) is 11.9 Å². The molecule has 1 aliphatic rings. The summed E-state index contributed by atoms with van der Waals surface area (Å²) < 4.78 is 0.861. The maximum absolute atomic E-state index is 12.1. The molecule has 1 fully saturated rings. The van der Waals surface area contributed by atoms with Gasteiger partial charge in [0, 0.05) is 16.5 Å². The molecule has 0 radical (unpaired) electrons. The summed E-state index contributed by atoms with van der Waals surface area (Å²) in [6.45, 7) is 0.0339. The van der Waals surface area contributed by atoms with E-state index in [-0.39, 0.29) is 13.0 Å². The highest BCUT2D eigenvalue weighted by Gasteiger charge is 2.39. The number of rotatable bonds is 2. The van der Waals surface area contributed by atoms with Crippen molar-refractivity contribution in [1.29, 1.82) is 0 Å². The lowest BCUT2D eigenvalue weighted by molar-refractivity contribution is -0.141. The quantitative estimate of drug-likeness (QED) is 0.680. The van der Waals surface area contributed by atoms with Crippen LogP contribution >= 0.6 is 22.6 Å². The molecule has 0 unspecified atom stereocenters. The molecule has 0 spiro atoms. The molecule has 1 aromatic carbocycles. The van der Waals surface area contributed by atoms with Crippen LogP contribution in [0.3, 0.4) is 0 Å². The molecule has 1 aliphatic heterocycles. The summed E-state index contributed by atoms with van der Waals surface area (Å²) in [5, 5.41) is 21.2. The fourth-order valence-corrected chi connectivity index (χ4v) is 2.54. The number of anilines is 1. The monoisotopic (exact) mass is 376 g/mol. The van der Waals surface area contributed by atoms with Gasteiger partial charge in [0.1, 0.15) is 6.04 Å². The van der Waals surface area contributed by atoms with Gasteiger partial charge in [0.2, 0.25) is 0 Å². The van der Waals surface area contributed by atoms with Gasteiger partial charge in [0.25, 0.3) is 0 Å². The first-order valence-corrected chi connectivity index (χ1v) is 6.80. The number of benzene rings is 1. The molecular weight excluding hydrogens is 363 g/mol. The lowest BCUT2D eigenvalue weighted by Crippen LogP contribution is -2.43. The fraction of sp³-hybridized carbons (Fsp3) is 0.333. The third kappa shape index (κ3) is 3.16. The average molecular weight is 376 g/mol. The van der Waals surface area contributed by atoms with Crippen LogP contribution in [0, 0.1) is 3.57 Å². The number of hydrogen-bond acceptors (Lipinski definition) is 3. The van der Waals surface area contributed by atoms with E-state index in [0.717, 1.165) is 8.47 Å². The van der Waals surface area contributed by atoms with Gasteiger partial charge < -0.3 is 20.4 Å². The number of aliphatic hydroxyl groups excluding tert-OH is 1. The van der Waals surface area contributed by atoms with Crippen molar-refractivity contribution in [2.45, 2.75) is 18.6 Å². The van der Waals surface area contributed by atoms with Crippen molar-refractivity contribution < 1.29 is 19.8 Å². The Bertz CT molecular complexity index is 508. The molecule has 1 heterocycles. The molecule has 1 aromatic rings. The van der Waals surface area contributed by atoms with Gasteiger partial charge in [-0.2, -0.15) is 0 Å². The third-order valence-corrected chi connectivity index (χ3v) is 3.88. The number of carbonyl (C=O) groups is 2. The Balaban J connectivity index is 2.11. The molecular formula is C12H13IN2O4. The van der Waals surface area contributed by atoms with E-state index < -0.39 is 24.1 Å². The van der Waals surface area contributed by atoms with Crippen LogP contribution in [0.4, 0.5) is 10.5 Å². The number of halogens is 1. The number of carbonyl (C=O) groups excluding carboxylic acids is 1. The number of aliphatic carboxylic acids is 1. The summed E-state index contributed by atoms with van der Waals surface area (Å²) in [5.41, 5.74) is 0.624. The Morgan fingerprint density at radius 3 is 2.68 bits per heavy atom. The number of amides is 2. The van der Waals surface area contributed by atoms with Crippen molar-refractivity contribution in [1.82, 2.24) is 4.90 Å². The molecule has 19 heavy (non-hydrogen) atoms. The molecule has 2 rings (SSSR count). The lowest BCUT2D eigenvalue weighted by atomic mass is 10.2. The Hall–Kier alpha value is -1.35. The fourth-order valence-electron chi connectivity index (χ4n) is 2.02. The number of β-amino-alcohol motifs (C(OH)–C–C–N with tert-alkyl or cyclic N) is 1. The van der Waals surface area contributed by atoms with E-state index in [0.29, 0.717) is 5.69 Å². The number of nitrogens with zero attached hydrogens (tertiary/aromatic N) is 1. The summed E-state index contributed by atoms with van der Waals surface area (Å²) in [6.07, 6.45) is -0.726. The Kier molecular flexibility index (Phi) is 4.25. The summed E-state index contributed by atoms with van der Waals surface area (Å²) in [7, 11) is 0. The average Bonchev–Trinajstić information content (AvgIpc) is 2.74. The number of carboxylic acids is 1. The van der Waals surface area contributed by atoms with Crippen LogP contribution in [0.5, 0.6) is 0 Å². The normalized spacial score (nSPS) is 22.3. The number of hydrogen-bond donors (Lipinski definition) is 3. The second kappa shape index (κ2) is 5.74. The zero-order valence-corrected chi connectivity index (χ0v) is 12.1. The number of nitrogens with one attached hydrogen (secondary N) is 1. The second-order valence-electron chi connectivity index (χ2n) is 4.31. The topological polar surface area (TPSA) is 89.9 Å². The van der Waals surface area contributed by atoms with E-state index >= 15 is 0 Å². The highest BCUT2D eigenvalue weighted by atomic mass is 127. The predicted octanol–water partition coefficient (Wildman–Crippen LogP) is 1.34. The number of likely N-dealkylation sites (tertiary alicyclic amines) is 1. The van der Waals surface area contributed by atoms with Crippen LogP contribution in [-0.4, -0.2) is 45.8 Å². The number of urea groups is 1. The van der Waals surface area contributed by atoms with Crippen molar-refractivity contribution in [2.24, 2.45) is 0 Å². The number of carboxylic acid groups (broad SMARTS) is 1. The van der Waals surface area contributed by atoms with Crippen LogP contribution in [0.1, 0.15) is 6.42 Å². The van der Waals surface area contributed by atoms with E-state index in [1.54, 1.807) is 12.1 Å². The standard InChI is InChI=1S/C12H13IN2O4/c13-8-3-1-2-4-9(8)14-12(19)15-6-7(16)5-10(15)11(17)18/h1-4,7,10,16H,5-6H2,(H,14,19)(H,17,18)/t7-,10-/m0/s1. The molecule has 0 saturated carbocycles. The van der Waals surface area contributed by atoms with Gasteiger partial charge in [-0.25, -0.2) is 9.59 Å². The van der Waals surface area contributed by atoms with Crippen molar-refractivity contribution in [3.63, 3.8) is 0 Å². The largest absolute Gasteiger partial charge is 0.480 e. The van der Waals surface area contributed by atoms with Crippen LogP contribution in [0.2, 0.25) is 0 Å². The summed E-state index contributed by atoms with van der Waals surface area (Å²) >= 11 is 2.08. The molecule has 102 valence electrons. The van der Waals surface area contributed by atoms with Crippen molar-refractivity contribution in [3.05, 3.63) is 27.8 Å². The van der Waals surface area contributed by atoms with E-state index in [4.69, 9.17) is 5.11 Å². The predicted molar refractivity (Wildman–Crippen MR) is 76.9 cm³/mol. The van der Waals surface area contributed by atoms with Gasteiger partial charge in [-0.05, 0) is 34.7 Å². The molecule has 2 amide bonds. The first-order valence-electron chi connectivity index (χ1n) is 5.72. The minimum absolute atomic E-state index is 0.0339. The number of aliphatic hydroxyl groups is 1. The SMILES string of the molecule is O=C(O)[C@@H]1C[C@H](O)CN1C(=O)Nc1ccccc1I. The van der Waals surface area contributed by atoms with E-state index in [2.05, 4.69) is 27.9 Å². The van der Waals surface area contributed by atoms with Gasteiger partial charge in [-0.3, -0.25) is 0 Å². The minimum Gasteiger partial charge on any atom is -0.480 e. The van der Waals surface area contributed by atoms with E-state index in [9.17, 15) is 14.7 Å². The van der Waals surface area contributed by atoms with Crippen LogP contribution in [0.25, 0.3) is 0 Å². The molecule has 1 saturated heterocycles.